The lowest BCUT2D eigenvalue weighted by molar-refractivity contribution is 0.0466. The zero-order valence-corrected chi connectivity index (χ0v) is 11.1. The van der Waals surface area contributed by atoms with Crippen molar-refractivity contribution in [2.45, 2.75) is 6.10 Å². The van der Waals surface area contributed by atoms with Gasteiger partial charge in [0.2, 0.25) is 0 Å². The maximum absolute atomic E-state index is 11.9. The maximum Gasteiger partial charge on any atom is 0.343 e. The third-order valence-corrected chi connectivity index (χ3v) is 3.29. The fourth-order valence-electron chi connectivity index (χ4n) is 2.32. The maximum atomic E-state index is 11.9. The number of benzene rings is 2. The molecule has 0 aromatic heterocycles. The van der Waals surface area contributed by atoms with Crippen LogP contribution in [0, 0.1) is 0 Å². The van der Waals surface area contributed by atoms with Gasteiger partial charge in [-0.15, -0.1) is 0 Å². The minimum Gasteiger partial charge on any atom is -0.496 e. The molecule has 0 aliphatic carbocycles. The van der Waals surface area contributed by atoms with E-state index < -0.39 is 0 Å². The standard InChI is InChI=1S/C17H14O3/c1-19-15-9-5-8-13-14(20-17(18)16(13)15)11-10-12-6-3-2-4-7-12/h2-11,14H,1H3/b11-10-. The second-order valence-electron chi connectivity index (χ2n) is 4.52. The Kier molecular flexibility index (Phi) is 3.25. The second-order valence-corrected chi connectivity index (χ2v) is 4.52. The number of rotatable bonds is 3. The summed E-state index contributed by atoms with van der Waals surface area (Å²) in [5.74, 6) is 0.225. The molecule has 20 heavy (non-hydrogen) atoms. The van der Waals surface area contributed by atoms with Crippen molar-refractivity contribution in [3.05, 3.63) is 71.3 Å². The zero-order chi connectivity index (χ0) is 13.9. The highest BCUT2D eigenvalue weighted by atomic mass is 16.6. The van der Waals surface area contributed by atoms with Crippen LogP contribution in [-0.2, 0) is 4.74 Å². The molecule has 0 saturated carbocycles. The summed E-state index contributed by atoms with van der Waals surface area (Å²) in [6, 6.07) is 15.4. The lowest BCUT2D eigenvalue weighted by atomic mass is 10.0. The van der Waals surface area contributed by atoms with Gasteiger partial charge in [0, 0.05) is 5.56 Å². The van der Waals surface area contributed by atoms with Crippen LogP contribution in [0.1, 0.15) is 27.6 Å². The van der Waals surface area contributed by atoms with Crippen LogP contribution in [0.15, 0.2) is 54.6 Å². The number of ether oxygens (including phenoxy) is 2. The molecule has 1 heterocycles. The monoisotopic (exact) mass is 266 g/mol. The van der Waals surface area contributed by atoms with Gasteiger partial charge >= 0.3 is 5.97 Å². The van der Waals surface area contributed by atoms with E-state index in [9.17, 15) is 4.79 Å². The topological polar surface area (TPSA) is 35.5 Å². The molecule has 1 atom stereocenters. The van der Waals surface area contributed by atoms with Crippen LogP contribution in [0.4, 0.5) is 0 Å². The largest absolute Gasteiger partial charge is 0.496 e. The summed E-state index contributed by atoms with van der Waals surface area (Å²) in [6.45, 7) is 0. The molecule has 2 aromatic carbocycles. The number of hydrogen-bond acceptors (Lipinski definition) is 3. The molecule has 1 aliphatic heterocycles. The summed E-state index contributed by atoms with van der Waals surface area (Å²) in [4.78, 5) is 11.9. The number of carbonyl (C=O) groups excluding carboxylic acids is 1. The molecule has 0 radical (unpaired) electrons. The quantitative estimate of drug-likeness (QED) is 0.796. The van der Waals surface area contributed by atoms with Gasteiger partial charge in [-0.1, -0.05) is 48.5 Å². The Bertz CT molecular complexity index is 659. The first-order valence-electron chi connectivity index (χ1n) is 6.41. The lowest BCUT2D eigenvalue weighted by Gasteiger charge is -2.05. The van der Waals surface area contributed by atoms with Crippen molar-refractivity contribution in [2.75, 3.05) is 7.11 Å². The molecule has 0 fully saturated rings. The van der Waals surface area contributed by atoms with Gasteiger partial charge in [0.1, 0.15) is 17.4 Å². The molecule has 0 bridgehead atoms. The molecule has 2 aromatic rings. The van der Waals surface area contributed by atoms with E-state index >= 15 is 0 Å². The molecule has 3 nitrogen and oxygen atoms in total. The molecule has 0 spiro atoms. The zero-order valence-electron chi connectivity index (χ0n) is 11.1. The summed E-state index contributed by atoms with van der Waals surface area (Å²) in [7, 11) is 1.55. The molecule has 1 aliphatic rings. The highest BCUT2D eigenvalue weighted by molar-refractivity contribution is 5.97. The van der Waals surface area contributed by atoms with Crippen LogP contribution >= 0.6 is 0 Å². The van der Waals surface area contributed by atoms with Crippen molar-refractivity contribution in [2.24, 2.45) is 0 Å². The summed E-state index contributed by atoms with van der Waals surface area (Å²) in [6.07, 6.45) is 3.48. The van der Waals surface area contributed by atoms with E-state index in [2.05, 4.69) is 0 Å². The van der Waals surface area contributed by atoms with Crippen molar-refractivity contribution in [3.63, 3.8) is 0 Å². The Balaban J connectivity index is 1.92. The molecule has 0 amide bonds. The van der Waals surface area contributed by atoms with Crippen LogP contribution in [0.3, 0.4) is 0 Å². The predicted molar refractivity (Wildman–Crippen MR) is 76.6 cm³/mol. The van der Waals surface area contributed by atoms with Crippen LogP contribution in [0.25, 0.3) is 6.08 Å². The summed E-state index contributed by atoms with van der Waals surface area (Å²) in [5.41, 5.74) is 2.44. The van der Waals surface area contributed by atoms with Gasteiger partial charge in [-0.2, -0.15) is 0 Å². The smallest absolute Gasteiger partial charge is 0.343 e. The van der Waals surface area contributed by atoms with Gasteiger partial charge in [-0.3, -0.25) is 0 Å². The van der Waals surface area contributed by atoms with Crippen molar-refractivity contribution < 1.29 is 14.3 Å². The van der Waals surface area contributed by atoms with Gasteiger partial charge in [-0.25, -0.2) is 4.79 Å². The number of esters is 1. The first-order chi connectivity index (χ1) is 9.79. The second kappa shape index (κ2) is 5.21. The van der Waals surface area contributed by atoms with Gasteiger partial charge < -0.3 is 9.47 Å². The average Bonchev–Trinajstić information content (AvgIpc) is 2.83. The molecule has 3 heteroatoms. The van der Waals surface area contributed by atoms with E-state index in [0.29, 0.717) is 11.3 Å². The molecule has 0 saturated heterocycles. The van der Waals surface area contributed by atoms with E-state index in [4.69, 9.17) is 9.47 Å². The predicted octanol–water partition coefficient (Wildman–Crippen LogP) is 3.62. The van der Waals surface area contributed by atoms with Gasteiger partial charge in [-0.05, 0) is 17.7 Å². The fraction of sp³-hybridized carbons (Fsp3) is 0.118. The Hall–Kier alpha value is -2.55. The van der Waals surface area contributed by atoms with Crippen molar-refractivity contribution in [1.82, 2.24) is 0 Å². The summed E-state index contributed by atoms with van der Waals surface area (Å²) < 4.78 is 10.6. The Labute approximate surface area is 117 Å². The minimum absolute atomic E-state index is 0.333. The van der Waals surface area contributed by atoms with Crippen LogP contribution in [0.5, 0.6) is 5.75 Å². The summed E-state index contributed by atoms with van der Waals surface area (Å²) in [5, 5.41) is 0. The third-order valence-electron chi connectivity index (χ3n) is 3.29. The number of methoxy groups -OCH3 is 1. The first-order valence-corrected chi connectivity index (χ1v) is 6.41. The molecular weight excluding hydrogens is 252 g/mol. The minimum atomic E-state index is -0.354. The Morgan fingerprint density at radius 3 is 2.65 bits per heavy atom. The molecule has 3 rings (SSSR count). The molecule has 0 N–H and O–H groups in total. The number of fused-ring (bicyclic) bond motifs is 1. The summed E-state index contributed by atoms with van der Waals surface area (Å²) >= 11 is 0. The van der Waals surface area contributed by atoms with E-state index in [1.807, 2.05) is 54.6 Å². The number of hydrogen-bond donors (Lipinski definition) is 0. The average molecular weight is 266 g/mol. The third kappa shape index (κ3) is 2.18. The number of cyclic esters (lactones) is 1. The lowest BCUT2D eigenvalue weighted by Crippen LogP contribution is -1.98. The van der Waals surface area contributed by atoms with Crippen molar-refractivity contribution in [1.29, 1.82) is 0 Å². The van der Waals surface area contributed by atoms with Crippen LogP contribution in [-0.4, -0.2) is 13.1 Å². The normalized spacial score (nSPS) is 17.1. The SMILES string of the molecule is COc1cccc2c1C(=O)OC2/C=C\c1ccccc1. The fourth-order valence-corrected chi connectivity index (χ4v) is 2.32. The van der Waals surface area contributed by atoms with Gasteiger partial charge in [0.25, 0.3) is 0 Å². The molecular formula is C17H14O3. The van der Waals surface area contributed by atoms with E-state index in [1.165, 1.54) is 0 Å². The van der Waals surface area contributed by atoms with Gasteiger partial charge in [0.15, 0.2) is 0 Å². The number of carbonyl (C=O) groups is 1. The Morgan fingerprint density at radius 1 is 1.10 bits per heavy atom. The van der Waals surface area contributed by atoms with E-state index in [0.717, 1.165) is 11.1 Å². The molecule has 1 unspecified atom stereocenters. The first kappa shape index (κ1) is 12.5. The Morgan fingerprint density at radius 2 is 1.90 bits per heavy atom. The van der Waals surface area contributed by atoms with Crippen molar-refractivity contribution >= 4 is 12.0 Å². The highest BCUT2D eigenvalue weighted by Crippen LogP contribution is 2.37. The van der Waals surface area contributed by atoms with E-state index in [1.54, 1.807) is 13.2 Å². The van der Waals surface area contributed by atoms with Crippen molar-refractivity contribution in [3.8, 4) is 5.75 Å². The van der Waals surface area contributed by atoms with Gasteiger partial charge in [0.05, 0.1) is 7.11 Å². The highest BCUT2D eigenvalue weighted by Gasteiger charge is 2.32. The van der Waals surface area contributed by atoms with E-state index in [-0.39, 0.29) is 12.1 Å². The van der Waals surface area contributed by atoms with Crippen LogP contribution < -0.4 is 4.74 Å². The molecule has 100 valence electrons. The van der Waals surface area contributed by atoms with Crippen LogP contribution in [0.2, 0.25) is 0 Å².